The lowest BCUT2D eigenvalue weighted by Gasteiger charge is -2.28. The summed E-state index contributed by atoms with van der Waals surface area (Å²) in [6, 6.07) is 22.4. The fourth-order valence-electron chi connectivity index (χ4n) is 2.82. The summed E-state index contributed by atoms with van der Waals surface area (Å²) in [6.07, 6.45) is 3.01. The summed E-state index contributed by atoms with van der Waals surface area (Å²) in [5.41, 5.74) is 3.37. The van der Waals surface area contributed by atoms with Gasteiger partial charge in [-0.2, -0.15) is 5.26 Å². The highest BCUT2D eigenvalue weighted by Gasteiger charge is 2.33. The van der Waals surface area contributed by atoms with Gasteiger partial charge in [-0.05, 0) is 30.4 Å². The molecule has 0 aliphatic rings. The lowest BCUT2D eigenvalue weighted by Crippen LogP contribution is -2.26. The Morgan fingerprint density at radius 1 is 1.00 bits per heavy atom. The minimum absolute atomic E-state index is 0.437. The van der Waals surface area contributed by atoms with E-state index in [9.17, 15) is 5.26 Å². The van der Waals surface area contributed by atoms with Crippen LogP contribution in [0.1, 0.15) is 36.8 Å². The molecule has 2 aromatic carbocycles. The number of hydroxylamine groups is 1. The van der Waals surface area contributed by atoms with E-state index in [0.717, 1.165) is 24.0 Å². The lowest BCUT2D eigenvalue weighted by atomic mass is 9.72. The first-order valence-electron chi connectivity index (χ1n) is 7.68. The van der Waals surface area contributed by atoms with Crippen molar-refractivity contribution in [1.82, 2.24) is 5.48 Å². The Kier molecular flexibility index (Phi) is 6.28. The van der Waals surface area contributed by atoms with Crippen LogP contribution in [-0.2, 0) is 5.41 Å². The number of unbranched alkanes of at least 4 members (excludes halogenated alkanes) is 1. The van der Waals surface area contributed by atoms with Crippen molar-refractivity contribution < 1.29 is 5.21 Å². The van der Waals surface area contributed by atoms with Crippen molar-refractivity contribution in [2.75, 3.05) is 0 Å². The Bertz CT molecular complexity index is 625. The average molecular weight is 324 g/mol. The molecule has 0 bridgehead atoms. The van der Waals surface area contributed by atoms with Gasteiger partial charge in [-0.15, -0.1) is 0 Å². The molecule has 0 heterocycles. The van der Waals surface area contributed by atoms with E-state index < -0.39 is 5.41 Å². The molecule has 0 saturated heterocycles. The Morgan fingerprint density at radius 2 is 1.52 bits per heavy atom. The molecular weight excluding hydrogens is 304 g/mol. The monoisotopic (exact) mass is 324 g/mol. The Balaban J connectivity index is 2.25. The molecule has 2 aromatic rings. The maximum atomic E-state index is 10.0. The molecule has 3 nitrogen and oxygen atoms in total. The summed E-state index contributed by atoms with van der Waals surface area (Å²) < 4.78 is 0. The topological polar surface area (TPSA) is 56.0 Å². The predicted octanol–water partition coefficient (Wildman–Crippen LogP) is 4.36. The quantitative estimate of drug-likeness (QED) is 0.451. The zero-order valence-electron chi connectivity index (χ0n) is 12.9. The fraction of sp³-hybridized carbons (Fsp3) is 0.263. The number of nitrogens with zero attached hydrogens (tertiary/aromatic N) is 1. The van der Waals surface area contributed by atoms with Gasteiger partial charge in [0.15, 0.2) is 0 Å². The molecule has 4 heteroatoms. The summed E-state index contributed by atoms with van der Waals surface area (Å²) in [7, 11) is 0. The first kappa shape index (κ1) is 17.1. The largest absolute Gasteiger partial charge is 0.291 e. The smallest absolute Gasteiger partial charge is 0.107 e. The first-order chi connectivity index (χ1) is 11.2. The van der Waals surface area contributed by atoms with Crippen LogP contribution in [0.4, 0.5) is 0 Å². The van der Waals surface area contributed by atoms with Gasteiger partial charge in [0, 0.05) is 0 Å². The van der Waals surface area contributed by atoms with Gasteiger partial charge in [-0.1, -0.05) is 79.3 Å². The molecule has 0 unspecified atom stereocenters. The van der Waals surface area contributed by atoms with Gasteiger partial charge in [0.2, 0.25) is 0 Å². The molecule has 2 N–H and O–H groups in total. The third kappa shape index (κ3) is 4.16. The third-order valence-corrected chi connectivity index (χ3v) is 4.35. The van der Waals surface area contributed by atoms with Gasteiger partial charge in [0.25, 0.3) is 0 Å². The van der Waals surface area contributed by atoms with Crippen molar-refractivity contribution in [3.05, 3.63) is 71.8 Å². The number of nitriles is 1. The highest BCUT2D eigenvalue weighted by molar-refractivity contribution is 7.80. The molecule has 0 radical (unpaired) electrons. The van der Waals surface area contributed by atoms with Crippen molar-refractivity contribution in [2.24, 2.45) is 0 Å². The average Bonchev–Trinajstić information content (AvgIpc) is 2.63. The van der Waals surface area contributed by atoms with Crippen LogP contribution >= 0.6 is 12.2 Å². The highest BCUT2D eigenvalue weighted by atomic mass is 32.1. The second kappa shape index (κ2) is 8.42. The number of thiocarbonyl (C=S) groups is 1. The minimum Gasteiger partial charge on any atom is -0.291 e. The van der Waals surface area contributed by atoms with Gasteiger partial charge in [0.05, 0.1) is 6.07 Å². The van der Waals surface area contributed by atoms with Crippen LogP contribution in [0.15, 0.2) is 60.7 Å². The SMILES string of the molecule is N#CC(CCCCC(=S)NO)(c1ccccc1)c1ccccc1. The van der Waals surface area contributed by atoms with E-state index in [1.807, 2.05) is 66.1 Å². The number of hydrogen-bond acceptors (Lipinski definition) is 3. The van der Waals surface area contributed by atoms with Crippen LogP contribution in [-0.4, -0.2) is 10.2 Å². The van der Waals surface area contributed by atoms with E-state index in [-0.39, 0.29) is 0 Å². The van der Waals surface area contributed by atoms with Crippen LogP contribution in [0.25, 0.3) is 0 Å². The van der Waals surface area contributed by atoms with Gasteiger partial charge in [-0.3, -0.25) is 10.7 Å². The predicted molar refractivity (Wildman–Crippen MR) is 95.3 cm³/mol. The lowest BCUT2D eigenvalue weighted by molar-refractivity contribution is 0.234. The fourth-order valence-corrected chi connectivity index (χ4v) is 2.96. The number of hydrogen-bond donors (Lipinski definition) is 2. The number of rotatable bonds is 7. The van der Waals surface area contributed by atoms with Gasteiger partial charge >= 0.3 is 0 Å². The Hall–Kier alpha value is -2.22. The van der Waals surface area contributed by atoms with Gasteiger partial charge in [0.1, 0.15) is 10.4 Å². The molecule has 0 spiro atoms. The van der Waals surface area contributed by atoms with E-state index in [4.69, 9.17) is 17.4 Å². The van der Waals surface area contributed by atoms with E-state index in [1.54, 1.807) is 0 Å². The molecule has 2 rings (SSSR count). The number of benzene rings is 2. The standard InChI is InChI=1S/C19H20N2OS/c20-15-19(16-9-3-1-4-10-16,17-11-5-2-6-12-17)14-8-7-13-18(23)21-22/h1-6,9-12,22H,7-8,13-14H2,(H,21,23). The molecule has 0 aromatic heterocycles. The van der Waals surface area contributed by atoms with E-state index in [2.05, 4.69) is 6.07 Å². The molecule has 23 heavy (non-hydrogen) atoms. The molecule has 0 amide bonds. The minimum atomic E-state index is -0.656. The second-order valence-electron chi connectivity index (χ2n) is 5.49. The van der Waals surface area contributed by atoms with E-state index in [0.29, 0.717) is 17.8 Å². The molecule has 118 valence electrons. The first-order valence-corrected chi connectivity index (χ1v) is 8.09. The molecule has 0 fully saturated rings. The number of nitrogens with one attached hydrogen (secondary N) is 1. The van der Waals surface area contributed by atoms with Crippen LogP contribution in [0.2, 0.25) is 0 Å². The van der Waals surface area contributed by atoms with E-state index in [1.165, 1.54) is 0 Å². The summed E-state index contributed by atoms with van der Waals surface area (Å²) >= 11 is 4.95. The molecule has 0 saturated carbocycles. The van der Waals surface area contributed by atoms with Crippen LogP contribution in [0.3, 0.4) is 0 Å². The summed E-state index contributed by atoms with van der Waals surface area (Å²) in [6.45, 7) is 0. The summed E-state index contributed by atoms with van der Waals surface area (Å²) in [5.74, 6) is 0. The Morgan fingerprint density at radius 3 is 1.96 bits per heavy atom. The maximum Gasteiger partial charge on any atom is 0.107 e. The van der Waals surface area contributed by atoms with Crippen LogP contribution in [0.5, 0.6) is 0 Å². The van der Waals surface area contributed by atoms with Crippen molar-refractivity contribution in [3.63, 3.8) is 0 Å². The van der Waals surface area contributed by atoms with Crippen LogP contribution in [0, 0.1) is 11.3 Å². The molecule has 0 aliphatic carbocycles. The molecule has 0 aliphatic heterocycles. The summed E-state index contributed by atoms with van der Waals surface area (Å²) in [4.78, 5) is 0.437. The van der Waals surface area contributed by atoms with Crippen LogP contribution < -0.4 is 5.48 Å². The second-order valence-corrected chi connectivity index (χ2v) is 5.98. The Labute approximate surface area is 142 Å². The van der Waals surface area contributed by atoms with Crippen molar-refractivity contribution >= 4 is 17.2 Å². The summed E-state index contributed by atoms with van der Waals surface area (Å²) in [5, 5.41) is 18.8. The van der Waals surface area contributed by atoms with Gasteiger partial charge < -0.3 is 0 Å². The highest BCUT2D eigenvalue weighted by Crippen LogP contribution is 2.36. The van der Waals surface area contributed by atoms with Crippen molar-refractivity contribution in [3.8, 4) is 6.07 Å². The molecular formula is C19H20N2OS. The van der Waals surface area contributed by atoms with Crippen molar-refractivity contribution in [1.29, 1.82) is 5.26 Å². The maximum absolute atomic E-state index is 10.0. The molecule has 0 atom stereocenters. The van der Waals surface area contributed by atoms with E-state index >= 15 is 0 Å². The zero-order valence-corrected chi connectivity index (χ0v) is 13.7. The third-order valence-electron chi connectivity index (χ3n) is 4.05. The van der Waals surface area contributed by atoms with Gasteiger partial charge in [-0.25, -0.2) is 0 Å². The zero-order chi connectivity index (χ0) is 16.5. The van der Waals surface area contributed by atoms with Crippen molar-refractivity contribution in [2.45, 2.75) is 31.1 Å². The normalized spacial score (nSPS) is 10.8.